The minimum atomic E-state index is 0.464. The highest BCUT2D eigenvalue weighted by Gasteiger charge is 2.07. The zero-order valence-corrected chi connectivity index (χ0v) is 8.95. The lowest BCUT2D eigenvalue weighted by Crippen LogP contribution is -2.01. The molecule has 0 spiro atoms. The fourth-order valence-electron chi connectivity index (χ4n) is 1.75. The molecule has 0 unspecified atom stereocenters. The van der Waals surface area contributed by atoms with Crippen molar-refractivity contribution in [2.24, 2.45) is 5.73 Å². The van der Waals surface area contributed by atoms with Crippen LogP contribution in [0, 0.1) is 6.92 Å². The van der Waals surface area contributed by atoms with Gasteiger partial charge in [-0.1, -0.05) is 6.07 Å². The van der Waals surface area contributed by atoms with Crippen LogP contribution < -0.4 is 10.5 Å². The van der Waals surface area contributed by atoms with Crippen LogP contribution in [0.1, 0.15) is 11.3 Å². The van der Waals surface area contributed by atoms with Gasteiger partial charge in [0.05, 0.1) is 12.6 Å². The molecule has 2 rings (SSSR count). The van der Waals surface area contributed by atoms with Crippen LogP contribution in [0.15, 0.2) is 24.3 Å². The minimum Gasteiger partial charge on any atom is -0.496 e. The molecule has 0 aliphatic carbocycles. The molecule has 0 radical (unpaired) electrons. The van der Waals surface area contributed by atoms with Gasteiger partial charge in [0.1, 0.15) is 5.75 Å². The van der Waals surface area contributed by atoms with Gasteiger partial charge in [-0.25, -0.2) is 0 Å². The number of fused-ring (bicyclic) bond motifs is 1. The molecule has 0 aliphatic heterocycles. The van der Waals surface area contributed by atoms with E-state index in [9.17, 15) is 0 Å². The Hall–Kier alpha value is -1.61. The molecular formula is C12H14N2O. The van der Waals surface area contributed by atoms with Gasteiger partial charge < -0.3 is 10.5 Å². The van der Waals surface area contributed by atoms with E-state index in [2.05, 4.69) is 4.98 Å². The van der Waals surface area contributed by atoms with Gasteiger partial charge in [-0.3, -0.25) is 4.98 Å². The van der Waals surface area contributed by atoms with Crippen LogP contribution in [-0.2, 0) is 6.54 Å². The first-order valence-corrected chi connectivity index (χ1v) is 4.89. The smallest absolute Gasteiger partial charge is 0.124 e. The first kappa shape index (κ1) is 9.93. The van der Waals surface area contributed by atoms with Gasteiger partial charge in [0.25, 0.3) is 0 Å². The molecule has 2 aromatic rings. The van der Waals surface area contributed by atoms with E-state index in [0.717, 1.165) is 27.9 Å². The molecule has 0 saturated heterocycles. The number of nitrogens with two attached hydrogens (primary N) is 1. The van der Waals surface area contributed by atoms with E-state index in [4.69, 9.17) is 10.5 Å². The number of ether oxygens (including phenoxy) is 1. The first-order valence-electron chi connectivity index (χ1n) is 4.89. The number of aryl methyl sites for hydroxylation is 1. The van der Waals surface area contributed by atoms with Crippen LogP contribution in [0.2, 0.25) is 0 Å². The van der Waals surface area contributed by atoms with Crippen molar-refractivity contribution in [3.05, 3.63) is 35.5 Å². The number of aromatic nitrogens is 1. The van der Waals surface area contributed by atoms with Gasteiger partial charge in [-0.05, 0) is 25.1 Å². The molecule has 1 heterocycles. The van der Waals surface area contributed by atoms with Crippen molar-refractivity contribution in [2.75, 3.05) is 7.11 Å². The van der Waals surface area contributed by atoms with E-state index in [1.165, 1.54) is 0 Å². The van der Waals surface area contributed by atoms with Crippen LogP contribution in [0.5, 0.6) is 5.75 Å². The molecule has 3 nitrogen and oxygen atoms in total. The molecule has 15 heavy (non-hydrogen) atoms. The molecule has 1 aromatic carbocycles. The Labute approximate surface area is 88.9 Å². The molecule has 0 fully saturated rings. The summed E-state index contributed by atoms with van der Waals surface area (Å²) in [5.41, 5.74) is 8.72. The van der Waals surface area contributed by atoms with Gasteiger partial charge in [0, 0.05) is 23.2 Å². The van der Waals surface area contributed by atoms with Crippen LogP contribution >= 0.6 is 0 Å². The predicted octanol–water partition coefficient (Wildman–Crippen LogP) is 2.01. The average Bonchev–Trinajstić information content (AvgIpc) is 2.27. The van der Waals surface area contributed by atoms with Gasteiger partial charge >= 0.3 is 0 Å². The number of benzene rings is 1. The van der Waals surface area contributed by atoms with Crippen molar-refractivity contribution in [3.8, 4) is 5.75 Å². The third kappa shape index (κ3) is 1.66. The lowest BCUT2D eigenvalue weighted by Gasteiger charge is -2.09. The van der Waals surface area contributed by atoms with E-state index in [0.29, 0.717) is 6.54 Å². The van der Waals surface area contributed by atoms with Crippen molar-refractivity contribution >= 4 is 10.9 Å². The topological polar surface area (TPSA) is 48.1 Å². The van der Waals surface area contributed by atoms with E-state index in [-0.39, 0.29) is 0 Å². The Bertz CT molecular complexity index is 494. The summed E-state index contributed by atoms with van der Waals surface area (Å²) in [5, 5.41) is 1.07. The predicted molar refractivity (Wildman–Crippen MR) is 60.9 cm³/mol. The van der Waals surface area contributed by atoms with Crippen molar-refractivity contribution in [3.63, 3.8) is 0 Å². The molecule has 0 aliphatic rings. The largest absolute Gasteiger partial charge is 0.496 e. The maximum Gasteiger partial charge on any atom is 0.124 e. The highest BCUT2D eigenvalue weighted by atomic mass is 16.5. The number of hydrogen-bond donors (Lipinski definition) is 1. The lowest BCUT2D eigenvalue weighted by molar-refractivity contribution is 0.410. The standard InChI is InChI=1S/C12H14N2O/c1-8-3-4-9-10(7-13)12(15-2)6-5-11(9)14-8/h3-6H,7,13H2,1-2H3. The highest BCUT2D eigenvalue weighted by molar-refractivity contribution is 5.84. The molecule has 78 valence electrons. The van der Waals surface area contributed by atoms with Crippen molar-refractivity contribution < 1.29 is 4.74 Å². The molecular weight excluding hydrogens is 188 g/mol. The minimum absolute atomic E-state index is 0.464. The molecule has 1 aromatic heterocycles. The van der Waals surface area contributed by atoms with E-state index >= 15 is 0 Å². The first-order chi connectivity index (χ1) is 7.26. The van der Waals surface area contributed by atoms with Gasteiger partial charge in [0.15, 0.2) is 0 Å². The summed E-state index contributed by atoms with van der Waals surface area (Å²) in [6, 6.07) is 7.90. The summed E-state index contributed by atoms with van der Waals surface area (Å²) >= 11 is 0. The van der Waals surface area contributed by atoms with Crippen molar-refractivity contribution in [2.45, 2.75) is 13.5 Å². The van der Waals surface area contributed by atoms with Gasteiger partial charge in [-0.2, -0.15) is 0 Å². The van der Waals surface area contributed by atoms with E-state index in [1.54, 1.807) is 7.11 Å². The van der Waals surface area contributed by atoms with Crippen molar-refractivity contribution in [1.82, 2.24) is 4.98 Å². The number of hydrogen-bond acceptors (Lipinski definition) is 3. The van der Waals surface area contributed by atoms with Crippen molar-refractivity contribution in [1.29, 1.82) is 0 Å². The van der Waals surface area contributed by atoms with Crippen LogP contribution in [0.3, 0.4) is 0 Å². The molecule has 0 amide bonds. The normalized spacial score (nSPS) is 10.6. The third-order valence-corrected chi connectivity index (χ3v) is 2.50. The molecule has 2 N–H and O–H groups in total. The SMILES string of the molecule is COc1ccc2nc(C)ccc2c1CN. The summed E-state index contributed by atoms with van der Waals surface area (Å²) in [5.74, 6) is 0.829. The van der Waals surface area contributed by atoms with E-state index in [1.807, 2.05) is 31.2 Å². The molecule has 0 atom stereocenters. The second-order valence-corrected chi connectivity index (χ2v) is 3.47. The monoisotopic (exact) mass is 202 g/mol. The van der Waals surface area contributed by atoms with E-state index < -0.39 is 0 Å². The zero-order chi connectivity index (χ0) is 10.8. The molecule has 0 saturated carbocycles. The summed E-state index contributed by atoms with van der Waals surface area (Å²) in [6.07, 6.45) is 0. The Morgan fingerprint density at radius 3 is 2.73 bits per heavy atom. The van der Waals surface area contributed by atoms with Gasteiger partial charge in [-0.15, -0.1) is 0 Å². The number of methoxy groups -OCH3 is 1. The maximum absolute atomic E-state index is 5.72. The Balaban J connectivity index is 2.76. The fourth-order valence-corrected chi connectivity index (χ4v) is 1.75. The Morgan fingerprint density at radius 1 is 1.27 bits per heavy atom. The fraction of sp³-hybridized carbons (Fsp3) is 0.250. The van der Waals surface area contributed by atoms with Crippen LogP contribution in [0.25, 0.3) is 10.9 Å². The summed E-state index contributed by atoms with van der Waals surface area (Å²) in [4.78, 5) is 4.45. The number of pyridine rings is 1. The second-order valence-electron chi connectivity index (χ2n) is 3.47. The summed E-state index contributed by atoms with van der Waals surface area (Å²) < 4.78 is 5.27. The summed E-state index contributed by atoms with van der Waals surface area (Å²) in [7, 11) is 1.65. The average molecular weight is 202 g/mol. The number of rotatable bonds is 2. The lowest BCUT2D eigenvalue weighted by atomic mass is 10.1. The summed E-state index contributed by atoms with van der Waals surface area (Å²) in [6.45, 7) is 2.44. The Morgan fingerprint density at radius 2 is 2.07 bits per heavy atom. The van der Waals surface area contributed by atoms with Crippen LogP contribution in [0.4, 0.5) is 0 Å². The molecule has 0 bridgehead atoms. The quantitative estimate of drug-likeness (QED) is 0.810. The molecule has 3 heteroatoms. The maximum atomic E-state index is 5.72. The van der Waals surface area contributed by atoms with Gasteiger partial charge in [0.2, 0.25) is 0 Å². The number of nitrogens with zero attached hydrogens (tertiary/aromatic N) is 1. The third-order valence-electron chi connectivity index (χ3n) is 2.50. The zero-order valence-electron chi connectivity index (χ0n) is 8.95. The Kier molecular flexibility index (Phi) is 2.56. The van der Waals surface area contributed by atoms with Crippen LogP contribution in [-0.4, -0.2) is 12.1 Å². The second kappa shape index (κ2) is 3.87. The highest BCUT2D eigenvalue weighted by Crippen LogP contribution is 2.26.